The second-order valence-electron chi connectivity index (χ2n) is 6.52. The molecule has 0 nitrogen and oxygen atoms in total. The summed E-state index contributed by atoms with van der Waals surface area (Å²) in [5.74, 6) is 0.538. The summed E-state index contributed by atoms with van der Waals surface area (Å²) >= 11 is 6.32. The molecule has 0 radical (unpaired) electrons. The quantitative estimate of drug-likeness (QED) is 0.457. The SMILES string of the molecule is CC=CCCC1CC=C(c2ccc(CCCC)c(F)c2Cl)CC1. The summed E-state index contributed by atoms with van der Waals surface area (Å²) < 4.78 is 14.5. The lowest BCUT2D eigenvalue weighted by Gasteiger charge is -2.22. The van der Waals surface area contributed by atoms with Crippen LogP contribution >= 0.6 is 11.6 Å². The molecule has 23 heavy (non-hydrogen) atoms. The van der Waals surface area contributed by atoms with Gasteiger partial charge in [0.05, 0.1) is 5.02 Å². The zero-order chi connectivity index (χ0) is 16.7. The van der Waals surface area contributed by atoms with E-state index in [0.29, 0.717) is 5.02 Å². The van der Waals surface area contributed by atoms with E-state index in [9.17, 15) is 4.39 Å². The van der Waals surface area contributed by atoms with Crippen LogP contribution < -0.4 is 0 Å². The summed E-state index contributed by atoms with van der Waals surface area (Å²) in [7, 11) is 0. The van der Waals surface area contributed by atoms with Crippen LogP contribution in [0.25, 0.3) is 5.57 Å². The van der Waals surface area contributed by atoms with Crippen molar-refractivity contribution in [2.75, 3.05) is 0 Å². The van der Waals surface area contributed by atoms with Crippen LogP contribution in [0.5, 0.6) is 0 Å². The molecule has 1 aliphatic carbocycles. The highest BCUT2D eigenvalue weighted by molar-refractivity contribution is 6.32. The van der Waals surface area contributed by atoms with E-state index in [1.54, 1.807) is 0 Å². The van der Waals surface area contributed by atoms with Gasteiger partial charge in [-0.2, -0.15) is 0 Å². The Kier molecular flexibility index (Phi) is 7.36. The van der Waals surface area contributed by atoms with E-state index in [1.807, 2.05) is 12.1 Å². The molecule has 0 N–H and O–H groups in total. The first-order valence-electron chi connectivity index (χ1n) is 8.94. The lowest BCUT2D eigenvalue weighted by atomic mass is 9.84. The molecule has 0 spiro atoms. The smallest absolute Gasteiger partial charge is 0.145 e. The predicted molar refractivity (Wildman–Crippen MR) is 99.4 cm³/mol. The van der Waals surface area contributed by atoms with Gasteiger partial charge >= 0.3 is 0 Å². The van der Waals surface area contributed by atoms with Gasteiger partial charge in [0.25, 0.3) is 0 Å². The lowest BCUT2D eigenvalue weighted by molar-refractivity contribution is 0.454. The van der Waals surface area contributed by atoms with Gasteiger partial charge in [-0.1, -0.05) is 55.3 Å². The Balaban J connectivity index is 2.06. The number of halogens is 2. The monoisotopic (exact) mass is 334 g/mol. The van der Waals surface area contributed by atoms with Crippen molar-refractivity contribution in [3.05, 3.63) is 52.3 Å². The molecule has 0 saturated heterocycles. The summed E-state index contributed by atoms with van der Waals surface area (Å²) in [5, 5.41) is 0.317. The van der Waals surface area contributed by atoms with Crippen molar-refractivity contribution >= 4 is 17.2 Å². The van der Waals surface area contributed by atoms with Crippen molar-refractivity contribution in [3.63, 3.8) is 0 Å². The molecular formula is C21H28ClF. The van der Waals surface area contributed by atoms with Gasteiger partial charge < -0.3 is 0 Å². The highest BCUT2D eigenvalue weighted by Gasteiger charge is 2.19. The minimum Gasteiger partial charge on any atom is -0.205 e. The number of unbranched alkanes of at least 4 members (excludes halogenated alkanes) is 1. The fourth-order valence-corrected chi connectivity index (χ4v) is 3.60. The van der Waals surface area contributed by atoms with Crippen LogP contribution in [0.2, 0.25) is 5.02 Å². The molecule has 0 aromatic heterocycles. The first-order chi connectivity index (χ1) is 11.2. The van der Waals surface area contributed by atoms with Crippen LogP contribution in [-0.4, -0.2) is 0 Å². The van der Waals surface area contributed by atoms with E-state index in [0.717, 1.165) is 55.6 Å². The first kappa shape index (κ1) is 18.3. The van der Waals surface area contributed by atoms with E-state index in [4.69, 9.17) is 11.6 Å². The van der Waals surface area contributed by atoms with Gasteiger partial charge in [-0.25, -0.2) is 4.39 Å². The van der Waals surface area contributed by atoms with E-state index < -0.39 is 0 Å². The van der Waals surface area contributed by atoms with Crippen molar-refractivity contribution in [1.29, 1.82) is 0 Å². The van der Waals surface area contributed by atoms with Crippen LogP contribution in [0.1, 0.15) is 69.9 Å². The topological polar surface area (TPSA) is 0 Å². The molecule has 1 aromatic rings. The number of benzene rings is 1. The van der Waals surface area contributed by atoms with Crippen LogP contribution in [0.4, 0.5) is 4.39 Å². The highest BCUT2D eigenvalue weighted by Crippen LogP contribution is 2.37. The molecule has 0 saturated carbocycles. The van der Waals surface area contributed by atoms with Gasteiger partial charge in [0, 0.05) is 0 Å². The van der Waals surface area contributed by atoms with Crippen LogP contribution in [-0.2, 0) is 6.42 Å². The molecule has 1 unspecified atom stereocenters. The summed E-state index contributed by atoms with van der Waals surface area (Å²) in [6.07, 6.45) is 15.1. The predicted octanol–water partition coefficient (Wildman–Crippen LogP) is 7.36. The first-order valence-corrected chi connectivity index (χ1v) is 9.32. The Bertz CT molecular complexity index is 571. The van der Waals surface area contributed by atoms with E-state index >= 15 is 0 Å². The maximum atomic E-state index is 14.5. The molecule has 2 heteroatoms. The third kappa shape index (κ3) is 4.94. The average Bonchev–Trinajstić information content (AvgIpc) is 2.57. The van der Waals surface area contributed by atoms with Gasteiger partial charge in [0.2, 0.25) is 0 Å². The molecule has 1 atom stereocenters. The fraction of sp³-hybridized carbons (Fsp3) is 0.524. The zero-order valence-corrected chi connectivity index (χ0v) is 15.1. The zero-order valence-electron chi connectivity index (χ0n) is 14.4. The second kappa shape index (κ2) is 9.27. The fourth-order valence-electron chi connectivity index (χ4n) is 3.29. The molecule has 2 rings (SSSR count). The minimum atomic E-state index is -0.214. The van der Waals surface area contributed by atoms with Crippen molar-refractivity contribution < 1.29 is 4.39 Å². The van der Waals surface area contributed by atoms with Crippen molar-refractivity contribution in [2.45, 2.75) is 65.2 Å². The number of aryl methyl sites for hydroxylation is 1. The molecule has 0 bridgehead atoms. The lowest BCUT2D eigenvalue weighted by Crippen LogP contribution is -2.06. The average molecular weight is 335 g/mol. The normalized spacial score (nSPS) is 18.4. The molecule has 0 heterocycles. The Hall–Kier alpha value is -1.08. The number of allylic oxidation sites excluding steroid dienone is 4. The number of hydrogen-bond acceptors (Lipinski definition) is 0. The second-order valence-corrected chi connectivity index (χ2v) is 6.90. The maximum absolute atomic E-state index is 14.5. The maximum Gasteiger partial charge on any atom is 0.145 e. The minimum absolute atomic E-state index is 0.214. The third-order valence-corrected chi connectivity index (χ3v) is 5.17. The molecule has 0 fully saturated rings. The molecule has 0 amide bonds. The van der Waals surface area contributed by atoms with Crippen LogP contribution in [0.3, 0.4) is 0 Å². The number of hydrogen-bond donors (Lipinski definition) is 0. The van der Waals surface area contributed by atoms with E-state index in [2.05, 4.69) is 32.1 Å². The highest BCUT2D eigenvalue weighted by atomic mass is 35.5. The molecule has 1 aliphatic rings. The van der Waals surface area contributed by atoms with Crippen molar-refractivity contribution in [1.82, 2.24) is 0 Å². The van der Waals surface area contributed by atoms with Crippen molar-refractivity contribution in [3.8, 4) is 0 Å². The molecule has 0 aliphatic heterocycles. The van der Waals surface area contributed by atoms with Gasteiger partial charge in [-0.3, -0.25) is 0 Å². The van der Waals surface area contributed by atoms with E-state index in [1.165, 1.54) is 18.4 Å². The largest absolute Gasteiger partial charge is 0.205 e. The molecular weight excluding hydrogens is 307 g/mol. The van der Waals surface area contributed by atoms with Gasteiger partial charge in [0.15, 0.2) is 0 Å². The Morgan fingerprint density at radius 3 is 2.83 bits per heavy atom. The van der Waals surface area contributed by atoms with E-state index in [-0.39, 0.29) is 5.82 Å². The van der Waals surface area contributed by atoms with Gasteiger partial charge in [-0.15, -0.1) is 0 Å². The van der Waals surface area contributed by atoms with Gasteiger partial charge in [0.1, 0.15) is 5.82 Å². The Labute approximate surface area is 145 Å². The number of rotatable bonds is 7. The third-order valence-electron chi connectivity index (χ3n) is 4.80. The Morgan fingerprint density at radius 1 is 1.35 bits per heavy atom. The summed E-state index contributed by atoms with van der Waals surface area (Å²) in [6, 6.07) is 3.94. The summed E-state index contributed by atoms with van der Waals surface area (Å²) in [4.78, 5) is 0. The van der Waals surface area contributed by atoms with Crippen molar-refractivity contribution in [2.24, 2.45) is 5.92 Å². The van der Waals surface area contributed by atoms with Gasteiger partial charge in [-0.05, 0) is 74.5 Å². The van der Waals surface area contributed by atoms with Crippen LogP contribution in [0, 0.1) is 11.7 Å². The van der Waals surface area contributed by atoms with Crippen LogP contribution in [0.15, 0.2) is 30.4 Å². The standard InChI is InChI=1S/C21H28ClF/c1-3-5-7-8-16-10-12-17(13-11-16)19-15-14-18(9-6-4-2)21(23)20(19)22/h3,5,12,14-16H,4,6-11,13H2,1-2H3. The molecule has 1 aromatic carbocycles. The molecule has 126 valence electrons. The summed E-state index contributed by atoms with van der Waals surface area (Å²) in [6.45, 7) is 4.19. The Morgan fingerprint density at radius 2 is 2.17 bits per heavy atom. The summed E-state index contributed by atoms with van der Waals surface area (Å²) in [5.41, 5.74) is 2.87.